The molecule has 0 heterocycles. The van der Waals surface area contributed by atoms with E-state index in [4.69, 9.17) is 4.74 Å². The number of benzene rings is 1. The van der Waals surface area contributed by atoms with E-state index in [9.17, 15) is 13.2 Å². The van der Waals surface area contributed by atoms with Crippen molar-refractivity contribution in [3.05, 3.63) is 22.2 Å². The van der Waals surface area contributed by atoms with E-state index >= 15 is 0 Å². The molecule has 0 fully saturated rings. The summed E-state index contributed by atoms with van der Waals surface area (Å²) < 4.78 is 43.1. The van der Waals surface area contributed by atoms with Crippen molar-refractivity contribution in [1.29, 1.82) is 0 Å². The second kappa shape index (κ2) is 7.17. The van der Waals surface area contributed by atoms with Crippen LogP contribution in [0.4, 0.5) is 18.9 Å². The summed E-state index contributed by atoms with van der Waals surface area (Å²) in [5, 5.41) is 0. The zero-order valence-electron chi connectivity index (χ0n) is 10.3. The third-order valence-corrected chi connectivity index (χ3v) is 2.82. The van der Waals surface area contributed by atoms with E-state index in [0.29, 0.717) is 0 Å². The summed E-state index contributed by atoms with van der Waals surface area (Å²) in [6.45, 7) is 0. The summed E-state index contributed by atoms with van der Waals surface area (Å²) in [5.74, 6) is 0.271. The van der Waals surface area contributed by atoms with E-state index in [-0.39, 0.29) is 33.0 Å². The predicted molar refractivity (Wildman–Crippen MR) is 67.5 cm³/mol. The molecular weight excluding hydrogens is 377 g/mol. The standard InChI is InChI=1S/C11H12BrF3N2O.Cu/c1-17(2)6-16-10-8(18-3)5-4-7(9(10)12)11(13,14)15;/h4-6H,1-3H3;/q;+1. The van der Waals surface area contributed by atoms with Crippen LogP contribution in [0, 0.1) is 0 Å². The van der Waals surface area contributed by atoms with Crippen LogP contribution in [-0.2, 0) is 23.2 Å². The van der Waals surface area contributed by atoms with Gasteiger partial charge in [-0.05, 0) is 28.1 Å². The van der Waals surface area contributed by atoms with Crippen LogP contribution in [0.2, 0.25) is 0 Å². The Morgan fingerprint density at radius 2 is 1.89 bits per heavy atom. The topological polar surface area (TPSA) is 24.8 Å². The summed E-state index contributed by atoms with van der Waals surface area (Å²) in [4.78, 5) is 5.60. The van der Waals surface area contributed by atoms with Crippen LogP contribution >= 0.6 is 15.9 Å². The minimum absolute atomic E-state index is 0. The Morgan fingerprint density at radius 1 is 1.32 bits per heavy atom. The maximum atomic E-state index is 12.7. The van der Waals surface area contributed by atoms with Gasteiger partial charge >= 0.3 is 23.2 Å². The molecule has 0 atom stereocenters. The Hall–Kier alpha value is -0.721. The maximum absolute atomic E-state index is 12.7. The van der Waals surface area contributed by atoms with Crippen LogP contribution in [0.5, 0.6) is 5.75 Å². The van der Waals surface area contributed by atoms with Gasteiger partial charge < -0.3 is 9.64 Å². The molecule has 0 radical (unpaired) electrons. The van der Waals surface area contributed by atoms with Crippen molar-refractivity contribution in [1.82, 2.24) is 4.90 Å². The van der Waals surface area contributed by atoms with Crippen molar-refractivity contribution in [3.8, 4) is 5.75 Å². The molecule has 0 spiro atoms. The molecule has 1 aromatic rings. The average Bonchev–Trinajstić information content (AvgIpc) is 2.24. The quantitative estimate of drug-likeness (QED) is 0.448. The van der Waals surface area contributed by atoms with Crippen molar-refractivity contribution in [3.63, 3.8) is 0 Å². The largest absolute Gasteiger partial charge is 1.00 e. The fraction of sp³-hybridized carbons (Fsp3) is 0.364. The second-order valence-corrected chi connectivity index (χ2v) is 4.48. The van der Waals surface area contributed by atoms with E-state index in [1.807, 2.05) is 0 Å². The summed E-state index contributed by atoms with van der Waals surface area (Å²) in [5.41, 5.74) is -0.671. The number of halogens is 4. The van der Waals surface area contributed by atoms with Gasteiger partial charge in [0.05, 0.1) is 23.5 Å². The van der Waals surface area contributed by atoms with E-state index in [1.165, 1.54) is 19.5 Å². The number of hydrogen-bond donors (Lipinski definition) is 0. The minimum Gasteiger partial charge on any atom is -0.494 e. The molecule has 19 heavy (non-hydrogen) atoms. The molecule has 1 aromatic carbocycles. The molecule has 0 saturated heterocycles. The molecule has 0 N–H and O–H groups in total. The SMILES string of the molecule is COc1ccc(C(F)(F)F)c(Br)c1N=CN(C)C.[Cu+]. The molecule has 8 heteroatoms. The molecule has 0 amide bonds. The van der Waals surface area contributed by atoms with E-state index in [2.05, 4.69) is 20.9 Å². The van der Waals surface area contributed by atoms with Crippen molar-refractivity contribution in [2.24, 2.45) is 4.99 Å². The number of ether oxygens (including phenoxy) is 1. The Labute approximate surface area is 128 Å². The fourth-order valence-corrected chi connectivity index (χ4v) is 1.88. The van der Waals surface area contributed by atoms with Gasteiger partial charge in [0.1, 0.15) is 11.4 Å². The van der Waals surface area contributed by atoms with E-state index in [0.717, 1.165) is 6.07 Å². The number of alkyl halides is 3. The first-order valence-electron chi connectivity index (χ1n) is 4.91. The van der Waals surface area contributed by atoms with Crippen molar-refractivity contribution < 1.29 is 35.0 Å². The summed E-state index contributed by atoms with van der Waals surface area (Å²) in [6.07, 6.45) is -3.03. The van der Waals surface area contributed by atoms with Crippen LogP contribution in [0.3, 0.4) is 0 Å². The first kappa shape index (κ1) is 18.3. The molecule has 0 aliphatic rings. The maximum Gasteiger partial charge on any atom is 1.00 e. The summed E-state index contributed by atoms with van der Waals surface area (Å²) in [6, 6.07) is 2.20. The molecule has 0 unspecified atom stereocenters. The van der Waals surface area contributed by atoms with Gasteiger partial charge in [0, 0.05) is 14.1 Å². The van der Waals surface area contributed by atoms with Crippen molar-refractivity contribution in [2.75, 3.05) is 21.2 Å². The van der Waals surface area contributed by atoms with Crippen LogP contribution in [-0.4, -0.2) is 32.4 Å². The number of hydrogen-bond acceptors (Lipinski definition) is 2. The number of nitrogens with zero attached hydrogens (tertiary/aromatic N) is 2. The predicted octanol–water partition coefficient (Wildman–Crippen LogP) is 3.70. The fourth-order valence-electron chi connectivity index (χ4n) is 1.22. The second-order valence-electron chi connectivity index (χ2n) is 3.68. The Morgan fingerprint density at radius 3 is 2.32 bits per heavy atom. The first-order valence-corrected chi connectivity index (χ1v) is 5.71. The smallest absolute Gasteiger partial charge is 0.494 e. The molecule has 110 valence electrons. The van der Waals surface area contributed by atoms with Gasteiger partial charge in [-0.3, -0.25) is 0 Å². The number of methoxy groups -OCH3 is 1. The number of rotatable bonds is 3. The van der Waals surface area contributed by atoms with Gasteiger partial charge in [-0.1, -0.05) is 0 Å². The van der Waals surface area contributed by atoms with Crippen LogP contribution in [0.1, 0.15) is 5.56 Å². The molecule has 0 aliphatic carbocycles. The van der Waals surface area contributed by atoms with E-state index in [1.54, 1.807) is 19.0 Å². The molecule has 3 nitrogen and oxygen atoms in total. The van der Waals surface area contributed by atoms with Gasteiger partial charge in [0.15, 0.2) is 0 Å². The van der Waals surface area contributed by atoms with Crippen molar-refractivity contribution >= 4 is 28.0 Å². The van der Waals surface area contributed by atoms with Crippen LogP contribution < -0.4 is 4.74 Å². The third kappa shape index (κ3) is 4.71. The molecular formula is C11H12BrCuF3N2O+. The van der Waals surface area contributed by atoms with Gasteiger partial charge in [-0.25, -0.2) is 4.99 Å². The summed E-state index contributed by atoms with van der Waals surface area (Å²) >= 11 is 2.93. The average molecular weight is 389 g/mol. The molecule has 0 aromatic heterocycles. The number of aliphatic imine (C=N–C) groups is 1. The minimum atomic E-state index is -4.44. The first-order chi connectivity index (χ1) is 8.27. The Kier molecular flexibility index (Phi) is 6.89. The van der Waals surface area contributed by atoms with Crippen molar-refractivity contribution in [2.45, 2.75) is 6.18 Å². The monoisotopic (exact) mass is 387 g/mol. The van der Waals surface area contributed by atoms with Gasteiger partial charge in [0.2, 0.25) is 0 Å². The van der Waals surface area contributed by atoms with Gasteiger partial charge in [0.25, 0.3) is 0 Å². The third-order valence-electron chi connectivity index (χ3n) is 2.02. The molecule has 0 bridgehead atoms. The van der Waals surface area contributed by atoms with Crippen LogP contribution in [0.25, 0.3) is 0 Å². The zero-order chi connectivity index (χ0) is 13.9. The zero-order valence-corrected chi connectivity index (χ0v) is 12.9. The Balaban J connectivity index is 0.00000324. The normalized spacial score (nSPS) is 11.3. The van der Waals surface area contributed by atoms with E-state index < -0.39 is 11.7 Å². The van der Waals surface area contributed by atoms with Gasteiger partial charge in [-0.2, -0.15) is 13.2 Å². The Bertz CT molecular complexity index is 464. The molecule has 1 rings (SSSR count). The summed E-state index contributed by atoms with van der Waals surface area (Å²) in [7, 11) is 4.82. The molecule has 0 saturated carbocycles. The van der Waals surface area contributed by atoms with Gasteiger partial charge in [-0.15, -0.1) is 0 Å². The van der Waals surface area contributed by atoms with Crippen LogP contribution in [0.15, 0.2) is 21.6 Å². The molecule has 0 aliphatic heterocycles.